The van der Waals surface area contributed by atoms with Gasteiger partial charge in [-0.05, 0) is 19.1 Å². The van der Waals surface area contributed by atoms with Gasteiger partial charge < -0.3 is 9.15 Å². The Morgan fingerprint density at radius 2 is 2.15 bits per heavy atom. The summed E-state index contributed by atoms with van der Waals surface area (Å²) in [6.45, 7) is 1.62. The number of nitro groups is 2. The van der Waals surface area contributed by atoms with Gasteiger partial charge in [-0.2, -0.15) is 0 Å². The van der Waals surface area contributed by atoms with E-state index < -0.39 is 33.8 Å². The fourth-order valence-electron chi connectivity index (χ4n) is 1.80. The molecule has 0 aliphatic rings. The van der Waals surface area contributed by atoms with Crippen molar-refractivity contribution >= 4 is 5.97 Å². The molecule has 9 nitrogen and oxygen atoms in total. The van der Waals surface area contributed by atoms with Gasteiger partial charge in [0.25, 0.3) is 0 Å². The van der Waals surface area contributed by atoms with Crippen LogP contribution in [-0.2, 0) is 9.53 Å². The third kappa shape index (κ3) is 2.92. The number of carbonyl (C=O) groups excluding carboxylic acids is 1. The molecule has 0 aliphatic carbocycles. The molecule has 0 fully saturated rings. The molecule has 0 amide bonds. The number of hydrogen-bond acceptors (Lipinski definition) is 7. The van der Waals surface area contributed by atoms with Crippen LogP contribution in [0.25, 0.3) is 0 Å². The molecule has 0 saturated heterocycles. The average molecular weight is 286 g/mol. The van der Waals surface area contributed by atoms with Crippen molar-refractivity contribution < 1.29 is 23.8 Å². The van der Waals surface area contributed by atoms with Crippen molar-refractivity contribution in [3.05, 3.63) is 44.4 Å². The molecule has 20 heavy (non-hydrogen) atoms. The molecule has 1 aromatic rings. The molecular formula is C11H14N2O7. The minimum Gasteiger partial charge on any atom is -0.468 e. The van der Waals surface area contributed by atoms with E-state index in [-0.39, 0.29) is 12.4 Å². The van der Waals surface area contributed by atoms with E-state index in [1.165, 1.54) is 25.3 Å². The maximum absolute atomic E-state index is 11.9. The maximum atomic E-state index is 11.9. The zero-order valence-electron chi connectivity index (χ0n) is 11.0. The van der Waals surface area contributed by atoms with Crippen molar-refractivity contribution in [2.24, 2.45) is 0 Å². The largest absolute Gasteiger partial charge is 0.468 e. The first-order valence-corrected chi connectivity index (χ1v) is 5.80. The van der Waals surface area contributed by atoms with E-state index >= 15 is 0 Å². The van der Waals surface area contributed by atoms with Crippen molar-refractivity contribution in [2.45, 2.75) is 25.3 Å². The topological polar surface area (TPSA) is 126 Å². The van der Waals surface area contributed by atoms with Gasteiger partial charge in [-0.15, -0.1) is 0 Å². The highest BCUT2D eigenvalue weighted by Crippen LogP contribution is 2.33. The van der Waals surface area contributed by atoms with Crippen molar-refractivity contribution in [2.75, 3.05) is 13.2 Å². The Bertz CT molecular complexity index is 499. The van der Waals surface area contributed by atoms with Crippen LogP contribution in [0.3, 0.4) is 0 Å². The molecule has 0 unspecified atom stereocenters. The van der Waals surface area contributed by atoms with Crippen LogP contribution in [0.5, 0.6) is 0 Å². The van der Waals surface area contributed by atoms with Gasteiger partial charge in [-0.3, -0.25) is 20.2 Å². The molecule has 0 aromatic carbocycles. The molecule has 0 aliphatic heterocycles. The van der Waals surface area contributed by atoms with Crippen LogP contribution in [0.4, 0.5) is 0 Å². The van der Waals surface area contributed by atoms with Gasteiger partial charge in [-0.1, -0.05) is 0 Å². The normalized spacial score (nSPS) is 15.1. The minimum atomic E-state index is -2.29. The molecule has 0 saturated carbocycles. The van der Waals surface area contributed by atoms with Gasteiger partial charge in [0.05, 0.1) is 12.9 Å². The summed E-state index contributed by atoms with van der Waals surface area (Å²) < 4.78 is 9.69. The SMILES string of the molecule is CCOC(=O)[C@](C)([C@H](C[N+](=O)[O-])c1ccco1)[N+](=O)[O-]. The zero-order valence-corrected chi connectivity index (χ0v) is 11.0. The van der Waals surface area contributed by atoms with Gasteiger partial charge in [-0.25, -0.2) is 4.79 Å². The first kappa shape index (κ1) is 15.6. The Kier molecular flexibility index (Phi) is 4.78. The van der Waals surface area contributed by atoms with Crippen molar-refractivity contribution in [1.82, 2.24) is 0 Å². The number of furan rings is 1. The van der Waals surface area contributed by atoms with Crippen LogP contribution in [0, 0.1) is 20.2 Å². The monoisotopic (exact) mass is 286 g/mol. The lowest BCUT2D eigenvalue weighted by Gasteiger charge is -2.24. The second-order valence-corrected chi connectivity index (χ2v) is 4.21. The number of nitrogens with zero attached hydrogens (tertiary/aromatic N) is 2. The fourth-order valence-corrected chi connectivity index (χ4v) is 1.80. The molecule has 1 aromatic heterocycles. The lowest BCUT2D eigenvalue weighted by atomic mass is 9.84. The molecule has 0 N–H and O–H groups in total. The van der Waals surface area contributed by atoms with Gasteiger partial charge in [0.2, 0.25) is 6.54 Å². The minimum absolute atomic E-state index is 0.00560. The van der Waals surface area contributed by atoms with E-state index in [1.807, 2.05) is 0 Å². The lowest BCUT2D eigenvalue weighted by Crippen LogP contribution is -2.51. The van der Waals surface area contributed by atoms with Gasteiger partial charge >= 0.3 is 11.5 Å². The third-order valence-electron chi connectivity index (χ3n) is 2.96. The first-order valence-electron chi connectivity index (χ1n) is 5.80. The Morgan fingerprint density at radius 1 is 1.50 bits per heavy atom. The van der Waals surface area contributed by atoms with E-state index in [0.29, 0.717) is 0 Å². The molecule has 110 valence electrons. The number of esters is 1. The van der Waals surface area contributed by atoms with Gasteiger partial charge in [0.15, 0.2) is 5.92 Å². The molecule has 1 rings (SSSR count). The van der Waals surface area contributed by atoms with Gasteiger partial charge in [0, 0.05) is 16.8 Å². The maximum Gasteiger partial charge on any atom is 0.385 e. The average Bonchev–Trinajstić information content (AvgIpc) is 2.88. The summed E-state index contributed by atoms with van der Waals surface area (Å²) in [5, 5.41) is 22.0. The summed E-state index contributed by atoms with van der Waals surface area (Å²) in [7, 11) is 0. The summed E-state index contributed by atoms with van der Waals surface area (Å²) in [6.07, 6.45) is 1.23. The predicted molar refractivity (Wildman–Crippen MR) is 65.3 cm³/mol. The van der Waals surface area contributed by atoms with E-state index in [9.17, 15) is 25.0 Å². The first-order chi connectivity index (χ1) is 9.33. The van der Waals surface area contributed by atoms with E-state index in [1.54, 1.807) is 0 Å². The van der Waals surface area contributed by atoms with Crippen LogP contribution in [0.15, 0.2) is 22.8 Å². The molecule has 9 heteroatoms. The summed E-state index contributed by atoms with van der Waals surface area (Å²) in [5.74, 6) is -2.50. The van der Waals surface area contributed by atoms with Crippen molar-refractivity contribution in [1.29, 1.82) is 0 Å². The molecule has 2 atom stereocenters. The summed E-state index contributed by atoms with van der Waals surface area (Å²) in [6, 6.07) is 2.79. The Morgan fingerprint density at radius 3 is 2.55 bits per heavy atom. The summed E-state index contributed by atoms with van der Waals surface area (Å²) >= 11 is 0. The summed E-state index contributed by atoms with van der Waals surface area (Å²) in [5.41, 5.74) is -2.29. The highest BCUT2D eigenvalue weighted by Gasteiger charge is 2.58. The van der Waals surface area contributed by atoms with E-state index in [4.69, 9.17) is 4.42 Å². The van der Waals surface area contributed by atoms with Crippen molar-refractivity contribution in [3.63, 3.8) is 0 Å². The second-order valence-electron chi connectivity index (χ2n) is 4.21. The Hall–Kier alpha value is -2.45. The number of ether oxygens (including phenoxy) is 1. The molecule has 0 bridgehead atoms. The summed E-state index contributed by atoms with van der Waals surface area (Å²) in [4.78, 5) is 32.3. The molecule has 0 radical (unpaired) electrons. The van der Waals surface area contributed by atoms with Gasteiger partial charge in [0.1, 0.15) is 5.76 Å². The second kappa shape index (κ2) is 6.13. The van der Waals surface area contributed by atoms with Crippen LogP contribution in [0.2, 0.25) is 0 Å². The lowest BCUT2D eigenvalue weighted by molar-refractivity contribution is -0.571. The molecule has 1 heterocycles. The van der Waals surface area contributed by atoms with Crippen LogP contribution in [-0.4, -0.2) is 34.5 Å². The highest BCUT2D eigenvalue weighted by molar-refractivity contribution is 5.80. The van der Waals surface area contributed by atoms with Crippen LogP contribution >= 0.6 is 0 Å². The number of carbonyl (C=O) groups is 1. The Balaban J connectivity index is 3.28. The van der Waals surface area contributed by atoms with Crippen LogP contribution < -0.4 is 0 Å². The third-order valence-corrected chi connectivity index (χ3v) is 2.96. The standard InChI is InChI=1S/C11H14N2O7/c1-3-19-10(14)11(2,13(17)18)8(7-12(15)16)9-5-4-6-20-9/h4-6,8H,3,7H2,1-2H3/t8-,11+/m1/s1. The Labute approximate surface area is 113 Å². The molecule has 0 spiro atoms. The molecular weight excluding hydrogens is 272 g/mol. The highest BCUT2D eigenvalue weighted by atomic mass is 16.6. The van der Waals surface area contributed by atoms with E-state index in [2.05, 4.69) is 4.74 Å². The van der Waals surface area contributed by atoms with E-state index in [0.717, 1.165) is 6.92 Å². The number of hydrogen-bond donors (Lipinski definition) is 0. The quantitative estimate of drug-likeness (QED) is 0.419. The van der Waals surface area contributed by atoms with Crippen LogP contribution in [0.1, 0.15) is 25.5 Å². The fraction of sp³-hybridized carbons (Fsp3) is 0.545. The predicted octanol–water partition coefficient (Wildman–Crippen LogP) is 1.24. The number of rotatable bonds is 7. The zero-order chi connectivity index (χ0) is 15.3. The van der Waals surface area contributed by atoms with Crippen molar-refractivity contribution in [3.8, 4) is 0 Å². The smallest absolute Gasteiger partial charge is 0.385 e.